The highest BCUT2D eigenvalue weighted by Crippen LogP contribution is 2.42. The summed E-state index contributed by atoms with van der Waals surface area (Å²) >= 11 is 5.75. The molecular weight excluding hydrogens is 286 g/mol. The first kappa shape index (κ1) is 13.3. The Morgan fingerprint density at radius 2 is 1.95 bits per heavy atom. The zero-order valence-corrected chi connectivity index (χ0v) is 11.1. The van der Waals surface area contributed by atoms with E-state index in [9.17, 15) is 13.9 Å². The van der Waals surface area contributed by atoms with Crippen molar-refractivity contribution in [2.45, 2.75) is 18.6 Å². The van der Waals surface area contributed by atoms with Crippen LogP contribution < -0.4 is 4.74 Å². The fourth-order valence-corrected chi connectivity index (χ4v) is 2.56. The van der Waals surface area contributed by atoms with Gasteiger partial charge in [-0.15, -0.1) is 0 Å². The monoisotopic (exact) mass is 296 g/mol. The third kappa shape index (κ3) is 2.25. The molecule has 3 rings (SSSR count). The molecule has 20 heavy (non-hydrogen) atoms. The third-order valence-corrected chi connectivity index (χ3v) is 3.66. The Morgan fingerprint density at radius 1 is 1.15 bits per heavy atom. The minimum absolute atomic E-state index is 0.00509. The van der Waals surface area contributed by atoms with Gasteiger partial charge in [0.1, 0.15) is 23.5 Å². The molecule has 2 nitrogen and oxygen atoms in total. The van der Waals surface area contributed by atoms with Gasteiger partial charge in [-0.25, -0.2) is 8.78 Å². The van der Waals surface area contributed by atoms with Crippen LogP contribution >= 0.6 is 11.6 Å². The lowest BCUT2D eigenvalue weighted by Crippen LogP contribution is -2.20. The van der Waals surface area contributed by atoms with E-state index in [0.29, 0.717) is 11.3 Å². The predicted molar refractivity (Wildman–Crippen MR) is 70.8 cm³/mol. The molecule has 1 heterocycles. The molecule has 5 heteroatoms. The van der Waals surface area contributed by atoms with Gasteiger partial charge < -0.3 is 9.84 Å². The van der Waals surface area contributed by atoms with Crippen LogP contribution in [-0.4, -0.2) is 5.11 Å². The van der Waals surface area contributed by atoms with E-state index in [-0.39, 0.29) is 17.0 Å². The number of hydrogen-bond acceptors (Lipinski definition) is 2. The lowest BCUT2D eigenvalue weighted by molar-refractivity contribution is 0.0636. The molecule has 0 amide bonds. The zero-order chi connectivity index (χ0) is 14.3. The van der Waals surface area contributed by atoms with E-state index in [1.54, 1.807) is 12.1 Å². The van der Waals surface area contributed by atoms with Gasteiger partial charge in [0.05, 0.1) is 11.1 Å². The van der Waals surface area contributed by atoms with E-state index in [1.165, 1.54) is 24.3 Å². The first-order valence-corrected chi connectivity index (χ1v) is 6.52. The maximum absolute atomic E-state index is 14.0. The number of rotatable bonds is 1. The van der Waals surface area contributed by atoms with E-state index < -0.39 is 23.8 Å². The van der Waals surface area contributed by atoms with Crippen LogP contribution in [0.5, 0.6) is 5.75 Å². The normalized spacial score (nSPS) is 21.2. The first-order valence-electron chi connectivity index (χ1n) is 6.14. The van der Waals surface area contributed by atoms with Gasteiger partial charge in [0.25, 0.3) is 0 Å². The number of aliphatic hydroxyl groups is 1. The van der Waals surface area contributed by atoms with Gasteiger partial charge in [-0.3, -0.25) is 0 Å². The van der Waals surface area contributed by atoms with Crippen molar-refractivity contribution in [2.24, 2.45) is 0 Å². The zero-order valence-electron chi connectivity index (χ0n) is 10.3. The maximum atomic E-state index is 14.0. The van der Waals surface area contributed by atoms with E-state index in [4.69, 9.17) is 16.3 Å². The summed E-state index contributed by atoms with van der Waals surface area (Å²) in [5.41, 5.74) is 0.662. The summed E-state index contributed by atoms with van der Waals surface area (Å²) in [6.07, 6.45) is -1.41. The van der Waals surface area contributed by atoms with E-state index in [2.05, 4.69) is 0 Å². The molecule has 0 fully saturated rings. The first-order chi connectivity index (χ1) is 9.56. The quantitative estimate of drug-likeness (QED) is 0.855. The molecule has 2 atom stereocenters. The molecular formula is C15H11ClF2O2. The molecule has 1 aliphatic rings. The second-order valence-electron chi connectivity index (χ2n) is 4.68. The van der Waals surface area contributed by atoms with Crippen molar-refractivity contribution in [3.8, 4) is 5.75 Å². The summed E-state index contributed by atoms with van der Waals surface area (Å²) in [5, 5.41) is 10.1. The van der Waals surface area contributed by atoms with Crippen LogP contribution in [0, 0.1) is 11.6 Å². The summed E-state index contributed by atoms with van der Waals surface area (Å²) < 4.78 is 32.8. The van der Waals surface area contributed by atoms with Gasteiger partial charge in [0.2, 0.25) is 0 Å². The molecule has 0 saturated carbocycles. The van der Waals surface area contributed by atoms with Gasteiger partial charge >= 0.3 is 0 Å². The molecule has 0 spiro atoms. The van der Waals surface area contributed by atoms with Gasteiger partial charge in [0.15, 0.2) is 0 Å². The number of benzene rings is 2. The van der Waals surface area contributed by atoms with Gasteiger partial charge in [0, 0.05) is 17.5 Å². The second kappa shape index (κ2) is 5.04. The Hall–Kier alpha value is -1.65. The molecule has 1 N–H and O–H groups in total. The standard InChI is InChI=1S/C15H11ClF2O2/c16-11-3-1-2-9(15(11)18)14-7-12(19)10-6-8(17)4-5-13(10)20-14/h1-6,12,14,19H,7H2/t12-,14?/m0/s1. The number of hydrogen-bond donors (Lipinski definition) is 1. The SMILES string of the molecule is O[C@H]1CC(c2cccc(Cl)c2F)Oc2ccc(F)cc21. The van der Waals surface area contributed by atoms with Crippen molar-refractivity contribution < 1.29 is 18.6 Å². The van der Waals surface area contributed by atoms with Gasteiger partial charge in [-0.05, 0) is 24.3 Å². The van der Waals surface area contributed by atoms with E-state index in [1.807, 2.05) is 0 Å². The Bertz CT molecular complexity index is 660. The van der Waals surface area contributed by atoms with Crippen LogP contribution in [0.15, 0.2) is 36.4 Å². The molecule has 2 aromatic rings. The van der Waals surface area contributed by atoms with Crippen molar-refractivity contribution in [3.05, 3.63) is 64.2 Å². The highest BCUT2D eigenvalue weighted by atomic mass is 35.5. The topological polar surface area (TPSA) is 29.5 Å². The summed E-state index contributed by atoms with van der Waals surface area (Å²) in [7, 11) is 0. The van der Waals surface area contributed by atoms with Crippen LogP contribution in [0.1, 0.15) is 29.8 Å². The molecule has 0 bridgehead atoms. The Kier molecular flexibility index (Phi) is 3.36. The summed E-state index contributed by atoms with van der Waals surface area (Å²) in [4.78, 5) is 0. The number of aliphatic hydroxyl groups excluding tert-OH is 1. The summed E-state index contributed by atoms with van der Waals surface area (Å²) in [6.45, 7) is 0. The average molecular weight is 297 g/mol. The molecule has 1 aliphatic heterocycles. The molecule has 104 valence electrons. The van der Waals surface area contributed by atoms with Crippen molar-refractivity contribution in [1.29, 1.82) is 0 Å². The summed E-state index contributed by atoms with van der Waals surface area (Å²) in [6, 6.07) is 8.53. The highest BCUT2D eigenvalue weighted by Gasteiger charge is 2.30. The lowest BCUT2D eigenvalue weighted by Gasteiger charge is -2.30. The van der Waals surface area contributed by atoms with Crippen LogP contribution in [0.25, 0.3) is 0 Å². The van der Waals surface area contributed by atoms with Crippen molar-refractivity contribution in [2.75, 3.05) is 0 Å². The Balaban J connectivity index is 1.99. The van der Waals surface area contributed by atoms with Crippen molar-refractivity contribution >= 4 is 11.6 Å². The minimum atomic E-state index is -0.905. The maximum Gasteiger partial charge on any atom is 0.148 e. The average Bonchev–Trinajstić information content (AvgIpc) is 2.42. The minimum Gasteiger partial charge on any atom is -0.485 e. The van der Waals surface area contributed by atoms with Crippen LogP contribution in [0.2, 0.25) is 5.02 Å². The molecule has 2 aromatic carbocycles. The van der Waals surface area contributed by atoms with Gasteiger partial charge in [-0.1, -0.05) is 23.7 Å². The van der Waals surface area contributed by atoms with E-state index in [0.717, 1.165) is 0 Å². The molecule has 1 unspecified atom stereocenters. The second-order valence-corrected chi connectivity index (χ2v) is 5.09. The lowest BCUT2D eigenvalue weighted by atomic mass is 9.94. The molecule has 0 aromatic heterocycles. The van der Waals surface area contributed by atoms with Crippen LogP contribution in [0.3, 0.4) is 0 Å². The van der Waals surface area contributed by atoms with E-state index >= 15 is 0 Å². The Morgan fingerprint density at radius 3 is 2.75 bits per heavy atom. The third-order valence-electron chi connectivity index (χ3n) is 3.37. The number of ether oxygens (including phenoxy) is 1. The smallest absolute Gasteiger partial charge is 0.148 e. The molecule has 0 radical (unpaired) electrons. The molecule has 0 aliphatic carbocycles. The van der Waals surface area contributed by atoms with Crippen molar-refractivity contribution in [3.63, 3.8) is 0 Å². The van der Waals surface area contributed by atoms with Crippen molar-refractivity contribution in [1.82, 2.24) is 0 Å². The van der Waals surface area contributed by atoms with Crippen LogP contribution in [0.4, 0.5) is 8.78 Å². The predicted octanol–water partition coefficient (Wildman–Crippen LogP) is 4.18. The largest absolute Gasteiger partial charge is 0.485 e. The van der Waals surface area contributed by atoms with Crippen LogP contribution in [-0.2, 0) is 0 Å². The fraction of sp³-hybridized carbons (Fsp3) is 0.200. The van der Waals surface area contributed by atoms with Gasteiger partial charge in [-0.2, -0.15) is 0 Å². The molecule has 0 saturated heterocycles. The fourth-order valence-electron chi connectivity index (χ4n) is 2.38. The number of halogens is 3. The number of fused-ring (bicyclic) bond motifs is 1. The summed E-state index contributed by atoms with van der Waals surface area (Å²) in [5.74, 6) is -0.648. The Labute approximate surface area is 119 Å². The highest BCUT2D eigenvalue weighted by molar-refractivity contribution is 6.30.